The van der Waals surface area contributed by atoms with Crippen molar-refractivity contribution in [2.24, 2.45) is 5.10 Å². The summed E-state index contributed by atoms with van der Waals surface area (Å²) in [6.45, 7) is -0.164. The Morgan fingerprint density at radius 1 is 1.22 bits per heavy atom. The van der Waals surface area contributed by atoms with Gasteiger partial charge in [-0.25, -0.2) is 10.2 Å². The summed E-state index contributed by atoms with van der Waals surface area (Å²) in [5.41, 5.74) is 4.38. The Morgan fingerprint density at radius 3 is 2.81 bits per heavy atom. The number of rotatable bonds is 9. The molecule has 1 amide bonds. The summed E-state index contributed by atoms with van der Waals surface area (Å²) in [4.78, 5) is 22.9. The Kier molecular flexibility index (Phi) is 8.86. The lowest BCUT2D eigenvalue weighted by Gasteiger charge is -2.05. The molecule has 8 heteroatoms. The van der Waals surface area contributed by atoms with Crippen molar-refractivity contribution in [1.29, 1.82) is 0 Å². The minimum Gasteiger partial charge on any atom is -0.482 e. The van der Waals surface area contributed by atoms with Crippen LogP contribution in [0.25, 0.3) is 0 Å². The maximum absolute atomic E-state index is 11.8. The van der Waals surface area contributed by atoms with Gasteiger partial charge in [0, 0.05) is 10.2 Å². The van der Waals surface area contributed by atoms with Gasteiger partial charge in [-0.2, -0.15) is 5.10 Å². The number of benzene rings is 2. The summed E-state index contributed by atoms with van der Waals surface area (Å²) < 4.78 is 10.8. The van der Waals surface area contributed by atoms with Crippen molar-refractivity contribution in [3.63, 3.8) is 0 Å². The van der Waals surface area contributed by atoms with Crippen molar-refractivity contribution in [1.82, 2.24) is 5.43 Å². The minimum atomic E-state index is -0.457. The molecule has 0 aliphatic rings. The van der Waals surface area contributed by atoms with Crippen LogP contribution in [0.5, 0.6) is 5.75 Å². The third-order valence-electron chi connectivity index (χ3n) is 3.24. The smallest absolute Gasteiger partial charge is 0.343 e. The number of ether oxygens (including phenoxy) is 2. The van der Waals surface area contributed by atoms with Crippen LogP contribution in [0.15, 0.2) is 58.1 Å². The Morgan fingerprint density at radius 2 is 2.04 bits per heavy atom. The van der Waals surface area contributed by atoms with E-state index in [2.05, 4.69) is 31.2 Å². The van der Waals surface area contributed by atoms with E-state index < -0.39 is 5.97 Å². The molecular formula is C19H19BrN2O4S. The number of amides is 1. The zero-order valence-corrected chi connectivity index (χ0v) is 17.1. The number of hydrazone groups is 1. The Hall–Kier alpha value is -2.32. The van der Waals surface area contributed by atoms with Gasteiger partial charge in [-0.15, -0.1) is 11.8 Å². The van der Waals surface area contributed by atoms with Gasteiger partial charge < -0.3 is 9.47 Å². The fourth-order valence-corrected chi connectivity index (χ4v) is 3.20. The summed E-state index contributed by atoms with van der Waals surface area (Å²) >= 11 is 4.94. The third-order valence-corrected chi connectivity index (χ3v) is 4.73. The molecule has 0 radical (unpaired) electrons. The van der Waals surface area contributed by atoms with Crippen LogP contribution in [0.3, 0.4) is 0 Å². The SMILES string of the molecule is COC(=O)COc1cccc(/C=N\NC(=O)CSCc2cccc(Br)c2)c1. The van der Waals surface area contributed by atoms with Crippen molar-refractivity contribution < 1.29 is 19.1 Å². The van der Waals surface area contributed by atoms with Crippen molar-refractivity contribution >= 4 is 45.8 Å². The van der Waals surface area contributed by atoms with Gasteiger partial charge in [0.1, 0.15) is 5.75 Å². The molecule has 0 heterocycles. The molecule has 0 aliphatic carbocycles. The highest BCUT2D eigenvalue weighted by Gasteiger charge is 2.03. The van der Waals surface area contributed by atoms with Crippen LogP contribution in [0.2, 0.25) is 0 Å². The molecule has 0 bridgehead atoms. The molecule has 0 atom stereocenters. The van der Waals surface area contributed by atoms with Crippen molar-refractivity contribution in [3.05, 3.63) is 64.1 Å². The number of methoxy groups -OCH3 is 1. The van der Waals surface area contributed by atoms with Gasteiger partial charge in [0.05, 0.1) is 19.1 Å². The van der Waals surface area contributed by atoms with E-state index >= 15 is 0 Å². The Bertz CT molecular complexity index is 814. The second-order valence-corrected chi connectivity index (χ2v) is 7.25. The number of esters is 1. The first-order chi connectivity index (χ1) is 13.1. The second kappa shape index (κ2) is 11.4. The highest BCUT2D eigenvalue weighted by molar-refractivity contribution is 9.10. The van der Waals surface area contributed by atoms with Gasteiger partial charge in [-0.1, -0.05) is 40.2 Å². The normalized spacial score (nSPS) is 10.6. The van der Waals surface area contributed by atoms with Crippen LogP contribution in [0.4, 0.5) is 0 Å². The quantitative estimate of drug-likeness (QED) is 0.359. The van der Waals surface area contributed by atoms with E-state index in [1.807, 2.05) is 30.3 Å². The van der Waals surface area contributed by atoms with Gasteiger partial charge in [0.2, 0.25) is 5.91 Å². The molecule has 0 unspecified atom stereocenters. The van der Waals surface area contributed by atoms with Gasteiger partial charge in [0.25, 0.3) is 0 Å². The summed E-state index contributed by atoms with van der Waals surface area (Å²) in [5.74, 6) is 0.939. The monoisotopic (exact) mass is 450 g/mol. The summed E-state index contributed by atoms with van der Waals surface area (Å²) in [6, 6.07) is 15.0. The van der Waals surface area contributed by atoms with Crippen LogP contribution in [0, 0.1) is 0 Å². The molecule has 0 spiro atoms. The molecule has 27 heavy (non-hydrogen) atoms. The molecule has 0 aromatic heterocycles. The zero-order valence-electron chi connectivity index (χ0n) is 14.7. The summed E-state index contributed by atoms with van der Waals surface area (Å²) in [6.07, 6.45) is 1.52. The molecule has 2 aromatic rings. The number of thioether (sulfide) groups is 1. The number of nitrogens with one attached hydrogen (secondary N) is 1. The highest BCUT2D eigenvalue weighted by atomic mass is 79.9. The predicted molar refractivity (Wildman–Crippen MR) is 110 cm³/mol. The van der Waals surface area contributed by atoms with Crippen LogP contribution in [0.1, 0.15) is 11.1 Å². The fourth-order valence-electron chi connectivity index (χ4n) is 1.99. The zero-order chi connectivity index (χ0) is 19.5. The minimum absolute atomic E-state index is 0.164. The number of carbonyl (C=O) groups is 2. The molecule has 0 aliphatic heterocycles. The number of carbonyl (C=O) groups excluding carboxylic acids is 2. The molecule has 0 saturated carbocycles. The van der Waals surface area contributed by atoms with E-state index in [1.54, 1.807) is 18.2 Å². The predicted octanol–water partition coefficient (Wildman–Crippen LogP) is 3.38. The topological polar surface area (TPSA) is 77.0 Å². The van der Waals surface area contributed by atoms with Crippen LogP contribution >= 0.6 is 27.7 Å². The van der Waals surface area contributed by atoms with E-state index in [0.29, 0.717) is 11.5 Å². The van der Waals surface area contributed by atoms with E-state index in [9.17, 15) is 9.59 Å². The van der Waals surface area contributed by atoms with Crippen molar-refractivity contribution in [3.8, 4) is 5.75 Å². The molecule has 0 fully saturated rings. The second-order valence-electron chi connectivity index (χ2n) is 5.35. The lowest BCUT2D eigenvalue weighted by atomic mass is 10.2. The molecule has 142 valence electrons. The largest absolute Gasteiger partial charge is 0.482 e. The number of nitrogens with zero attached hydrogens (tertiary/aromatic N) is 1. The van der Waals surface area contributed by atoms with Gasteiger partial charge in [0.15, 0.2) is 6.61 Å². The van der Waals surface area contributed by atoms with Crippen LogP contribution in [-0.4, -0.2) is 37.6 Å². The summed E-state index contributed by atoms with van der Waals surface area (Å²) in [5, 5.41) is 3.94. The van der Waals surface area contributed by atoms with E-state index in [0.717, 1.165) is 21.4 Å². The van der Waals surface area contributed by atoms with Crippen molar-refractivity contribution in [2.45, 2.75) is 5.75 Å². The maximum atomic E-state index is 11.8. The first kappa shape index (κ1) is 21.0. The van der Waals surface area contributed by atoms with Gasteiger partial charge >= 0.3 is 5.97 Å². The Balaban J connectivity index is 1.74. The number of hydrogen-bond donors (Lipinski definition) is 1. The van der Waals surface area contributed by atoms with E-state index in [-0.39, 0.29) is 12.5 Å². The first-order valence-electron chi connectivity index (χ1n) is 8.00. The fraction of sp³-hybridized carbons (Fsp3) is 0.211. The standard InChI is InChI=1S/C19H19BrN2O4S/c1-25-19(24)11-26-17-7-3-4-14(9-17)10-21-22-18(23)13-27-12-15-5-2-6-16(20)8-15/h2-10H,11-13H2,1H3,(H,22,23)/b21-10-. The lowest BCUT2D eigenvalue weighted by molar-refractivity contribution is -0.142. The molecule has 0 saturated heterocycles. The van der Waals surface area contributed by atoms with Gasteiger partial charge in [-0.05, 0) is 35.4 Å². The average molecular weight is 451 g/mol. The van der Waals surface area contributed by atoms with Crippen LogP contribution < -0.4 is 10.2 Å². The molecular weight excluding hydrogens is 432 g/mol. The van der Waals surface area contributed by atoms with Crippen LogP contribution in [-0.2, 0) is 20.1 Å². The number of hydrogen-bond acceptors (Lipinski definition) is 6. The third kappa shape index (κ3) is 8.27. The molecule has 2 aromatic carbocycles. The molecule has 1 N–H and O–H groups in total. The average Bonchev–Trinajstić information content (AvgIpc) is 2.66. The first-order valence-corrected chi connectivity index (χ1v) is 9.95. The Labute approximate surface area is 170 Å². The molecule has 2 rings (SSSR count). The lowest BCUT2D eigenvalue weighted by Crippen LogP contribution is -2.19. The van der Waals surface area contributed by atoms with Gasteiger partial charge in [-0.3, -0.25) is 4.79 Å². The van der Waals surface area contributed by atoms with E-state index in [1.165, 1.54) is 25.1 Å². The van der Waals surface area contributed by atoms with E-state index in [4.69, 9.17) is 4.74 Å². The maximum Gasteiger partial charge on any atom is 0.343 e. The molecule has 6 nitrogen and oxygen atoms in total. The highest BCUT2D eigenvalue weighted by Crippen LogP contribution is 2.17. The number of halogens is 1. The van der Waals surface area contributed by atoms with Crippen molar-refractivity contribution in [2.75, 3.05) is 19.5 Å². The summed E-state index contributed by atoms with van der Waals surface area (Å²) in [7, 11) is 1.30.